The van der Waals surface area contributed by atoms with Gasteiger partial charge in [0.25, 0.3) is 0 Å². The third kappa shape index (κ3) is 3.96. The van der Waals surface area contributed by atoms with Crippen LogP contribution >= 0.6 is 0 Å². The summed E-state index contributed by atoms with van der Waals surface area (Å²) in [5.74, 6) is 0.239. The number of amides is 1. The SMILES string of the molecule is CC(CC(=O)NC1CCCC1)N1CCNCC1. The number of hydrogen-bond donors (Lipinski definition) is 2. The minimum atomic E-state index is 0.239. The fraction of sp³-hybridized carbons (Fsp3) is 0.923. The number of carbonyl (C=O) groups is 1. The van der Waals surface area contributed by atoms with Crippen LogP contribution in [0.2, 0.25) is 0 Å². The van der Waals surface area contributed by atoms with Crippen molar-refractivity contribution in [3.05, 3.63) is 0 Å². The lowest BCUT2D eigenvalue weighted by molar-refractivity contribution is -0.122. The summed E-state index contributed by atoms with van der Waals surface area (Å²) in [5.41, 5.74) is 0. The van der Waals surface area contributed by atoms with Crippen LogP contribution in [0.1, 0.15) is 39.0 Å². The lowest BCUT2D eigenvalue weighted by atomic mass is 10.1. The smallest absolute Gasteiger partial charge is 0.221 e. The van der Waals surface area contributed by atoms with E-state index in [1.54, 1.807) is 0 Å². The first-order chi connectivity index (χ1) is 8.25. The molecule has 0 aromatic carbocycles. The fourth-order valence-corrected chi connectivity index (χ4v) is 2.88. The normalized spacial score (nSPS) is 24.8. The minimum absolute atomic E-state index is 0.239. The van der Waals surface area contributed by atoms with Crippen molar-refractivity contribution in [3.63, 3.8) is 0 Å². The van der Waals surface area contributed by atoms with Crippen molar-refractivity contribution in [3.8, 4) is 0 Å². The largest absolute Gasteiger partial charge is 0.353 e. The fourth-order valence-electron chi connectivity index (χ4n) is 2.88. The molecule has 0 radical (unpaired) electrons. The zero-order valence-corrected chi connectivity index (χ0v) is 10.9. The van der Waals surface area contributed by atoms with E-state index < -0.39 is 0 Å². The van der Waals surface area contributed by atoms with Crippen molar-refractivity contribution in [2.24, 2.45) is 0 Å². The zero-order valence-electron chi connectivity index (χ0n) is 10.9. The molecule has 0 spiro atoms. The summed E-state index contributed by atoms with van der Waals surface area (Å²) in [6.07, 6.45) is 5.55. The van der Waals surface area contributed by atoms with Crippen LogP contribution in [0.3, 0.4) is 0 Å². The Bertz CT molecular complexity index is 245. The predicted molar refractivity (Wildman–Crippen MR) is 68.9 cm³/mol. The van der Waals surface area contributed by atoms with E-state index in [1.807, 2.05) is 0 Å². The molecular weight excluding hydrogens is 214 g/mol. The molecule has 2 fully saturated rings. The van der Waals surface area contributed by atoms with Crippen molar-refractivity contribution in [1.29, 1.82) is 0 Å². The van der Waals surface area contributed by atoms with Gasteiger partial charge in [0.2, 0.25) is 5.91 Å². The highest BCUT2D eigenvalue weighted by Crippen LogP contribution is 2.18. The average Bonchev–Trinajstić information content (AvgIpc) is 2.82. The first-order valence-electron chi connectivity index (χ1n) is 7.00. The lowest BCUT2D eigenvalue weighted by Crippen LogP contribution is -2.49. The highest BCUT2D eigenvalue weighted by molar-refractivity contribution is 5.76. The summed E-state index contributed by atoms with van der Waals surface area (Å²) in [6, 6.07) is 0.830. The summed E-state index contributed by atoms with van der Waals surface area (Å²) >= 11 is 0. The molecule has 98 valence electrons. The number of hydrogen-bond acceptors (Lipinski definition) is 3. The molecule has 4 heteroatoms. The van der Waals surface area contributed by atoms with Gasteiger partial charge in [-0.05, 0) is 19.8 Å². The van der Waals surface area contributed by atoms with Gasteiger partial charge in [0, 0.05) is 44.7 Å². The molecule has 2 aliphatic rings. The number of rotatable bonds is 4. The summed E-state index contributed by atoms with van der Waals surface area (Å²) in [4.78, 5) is 14.3. The molecule has 1 aliphatic carbocycles. The molecule has 1 amide bonds. The van der Waals surface area contributed by atoms with Gasteiger partial charge in [-0.2, -0.15) is 0 Å². The molecular formula is C13H25N3O. The van der Waals surface area contributed by atoms with Crippen LogP contribution in [-0.4, -0.2) is 49.1 Å². The van der Waals surface area contributed by atoms with Crippen molar-refractivity contribution in [1.82, 2.24) is 15.5 Å². The van der Waals surface area contributed by atoms with Crippen LogP contribution in [0.15, 0.2) is 0 Å². The molecule has 1 heterocycles. The summed E-state index contributed by atoms with van der Waals surface area (Å²) in [6.45, 7) is 6.40. The molecule has 1 unspecified atom stereocenters. The molecule has 0 aromatic heterocycles. The Labute approximate surface area is 104 Å². The topological polar surface area (TPSA) is 44.4 Å². The molecule has 1 saturated heterocycles. The van der Waals surface area contributed by atoms with Crippen molar-refractivity contribution in [2.45, 2.75) is 51.1 Å². The number of nitrogens with one attached hydrogen (secondary N) is 2. The lowest BCUT2D eigenvalue weighted by Gasteiger charge is -2.32. The maximum Gasteiger partial charge on any atom is 0.221 e. The Morgan fingerprint density at radius 1 is 1.35 bits per heavy atom. The Kier molecular flexibility index (Phi) is 4.80. The maximum absolute atomic E-state index is 11.9. The van der Waals surface area contributed by atoms with Crippen LogP contribution in [0.4, 0.5) is 0 Å². The minimum Gasteiger partial charge on any atom is -0.353 e. The highest BCUT2D eigenvalue weighted by Gasteiger charge is 2.21. The van der Waals surface area contributed by atoms with E-state index in [1.165, 1.54) is 25.7 Å². The van der Waals surface area contributed by atoms with Crippen molar-refractivity contribution >= 4 is 5.91 Å². The third-order valence-corrected chi connectivity index (χ3v) is 3.98. The van der Waals surface area contributed by atoms with Gasteiger partial charge in [-0.25, -0.2) is 0 Å². The average molecular weight is 239 g/mol. The van der Waals surface area contributed by atoms with Crippen molar-refractivity contribution < 1.29 is 4.79 Å². The molecule has 2 rings (SSSR count). The van der Waals surface area contributed by atoms with Gasteiger partial charge in [0.15, 0.2) is 0 Å². The van der Waals surface area contributed by atoms with Crippen LogP contribution < -0.4 is 10.6 Å². The van der Waals surface area contributed by atoms with Gasteiger partial charge >= 0.3 is 0 Å². The van der Waals surface area contributed by atoms with E-state index in [9.17, 15) is 4.79 Å². The van der Waals surface area contributed by atoms with E-state index in [0.717, 1.165) is 26.2 Å². The summed E-state index contributed by atoms with van der Waals surface area (Å²) in [7, 11) is 0. The second-order valence-electron chi connectivity index (χ2n) is 5.39. The first-order valence-corrected chi connectivity index (χ1v) is 7.00. The van der Waals surface area contributed by atoms with E-state index >= 15 is 0 Å². The molecule has 0 aromatic rings. The van der Waals surface area contributed by atoms with Crippen molar-refractivity contribution in [2.75, 3.05) is 26.2 Å². The van der Waals surface area contributed by atoms with Gasteiger partial charge in [-0.15, -0.1) is 0 Å². The van der Waals surface area contributed by atoms with Gasteiger partial charge < -0.3 is 10.6 Å². The highest BCUT2D eigenvalue weighted by atomic mass is 16.1. The molecule has 2 N–H and O–H groups in total. The number of carbonyl (C=O) groups excluding carboxylic acids is 1. The van der Waals surface area contributed by atoms with E-state index in [0.29, 0.717) is 18.5 Å². The second-order valence-corrected chi connectivity index (χ2v) is 5.39. The summed E-state index contributed by atoms with van der Waals surface area (Å²) in [5, 5.41) is 6.51. The number of piperazine rings is 1. The maximum atomic E-state index is 11.9. The first kappa shape index (κ1) is 12.8. The van der Waals surface area contributed by atoms with Crippen LogP contribution in [-0.2, 0) is 4.79 Å². The van der Waals surface area contributed by atoms with Gasteiger partial charge in [0.1, 0.15) is 0 Å². The quantitative estimate of drug-likeness (QED) is 0.760. The van der Waals surface area contributed by atoms with Crippen LogP contribution in [0, 0.1) is 0 Å². The Morgan fingerprint density at radius 3 is 2.65 bits per heavy atom. The molecule has 1 atom stereocenters. The third-order valence-electron chi connectivity index (χ3n) is 3.98. The molecule has 0 bridgehead atoms. The zero-order chi connectivity index (χ0) is 12.1. The molecule has 17 heavy (non-hydrogen) atoms. The van der Waals surface area contributed by atoms with Gasteiger partial charge in [-0.1, -0.05) is 12.8 Å². The Hall–Kier alpha value is -0.610. The van der Waals surface area contributed by atoms with E-state index in [-0.39, 0.29) is 5.91 Å². The molecule has 4 nitrogen and oxygen atoms in total. The predicted octanol–water partition coefficient (Wildman–Crippen LogP) is 0.729. The molecule has 1 saturated carbocycles. The standard InChI is InChI=1S/C13H25N3O/c1-11(16-8-6-14-7-9-16)10-13(17)15-12-4-2-3-5-12/h11-12,14H,2-10H2,1H3,(H,15,17). The van der Waals surface area contributed by atoms with E-state index in [2.05, 4.69) is 22.5 Å². The number of nitrogens with zero attached hydrogens (tertiary/aromatic N) is 1. The second kappa shape index (κ2) is 6.36. The van der Waals surface area contributed by atoms with Gasteiger partial charge in [0.05, 0.1) is 0 Å². The van der Waals surface area contributed by atoms with Crippen LogP contribution in [0.25, 0.3) is 0 Å². The summed E-state index contributed by atoms with van der Waals surface area (Å²) < 4.78 is 0. The Balaban J connectivity index is 1.69. The van der Waals surface area contributed by atoms with E-state index in [4.69, 9.17) is 0 Å². The Morgan fingerprint density at radius 2 is 2.00 bits per heavy atom. The van der Waals surface area contributed by atoms with Crippen LogP contribution in [0.5, 0.6) is 0 Å². The monoisotopic (exact) mass is 239 g/mol. The molecule has 1 aliphatic heterocycles. The van der Waals surface area contributed by atoms with Gasteiger partial charge in [-0.3, -0.25) is 9.69 Å².